The Hall–Kier alpha value is -2.21. The number of nitrogens with one attached hydrogen (secondary N) is 1. The zero-order valence-electron chi connectivity index (χ0n) is 11.8. The van der Waals surface area contributed by atoms with Gasteiger partial charge in [-0.1, -0.05) is 18.2 Å². The normalized spacial score (nSPS) is 12.1. The molecule has 1 aromatic heterocycles. The van der Waals surface area contributed by atoms with E-state index in [2.05, 4.69) is 15.4 Å². The van der Waals surface area contributed by atoms with E-state index in [0.717, 1.165) is 0 Å². The Bertz CT molecular complexity index is 602. The van der Waals surface area contributed by atoms with Gasteiger partial charge in [0, 0.05) is 18.7 Å². The van der Waals surface area contributed by atoms with Crippen LogP contribution in [0.5, 0.6) is 0 Å². The van der Waals surface area contributed by atoms with Crippen LogP contribution in [0.4, 0.5) is 16.0 Å². The quantitative estimate of drug-likeness (QED) is 0.662. The van der Waals surface area contributed by atoms with Gasteiger partial charge in [-0.05, 0) is 19.9 Å². The molecule has 0 fully saturated rings. The third-order valence-corrected chi connectivity index (χ3v) is 3.27. The van der Waals surface area contributed by atoms with Gasteiger partial charge in [-0.2, -0.15) is 0 Å². The van der Waals surface area contributed by atoms with Crippen LogP contribution in [0, 0.1) is 12.7 Å². The highest BCUT2D eigenvalue weighted by molar-refractivity contribution is 5.50. The molecule has 1 aromatic carbocycles. The first-order valence-corrected chi connectivity index (χ1v) is 6.32. The molecule has 0 amide bonds. The van der Waals surface area contributed by atoms with E-state index < -0.39 is 0 Å². The van der Waals surface area contributed by atoms with Crippen molar-refractivity contribution in [2.24, 2.45) is 5.84 Å². The summed E-state index contributed by atoms with van der Waals surface area (Å²) in [5.41, 5.74) is 3.12. The Balaban J connectivity index is 2.33. The zero-order valence-corrected chi connectivity index (χ0v) is 11.8. The van der Waals surface area contributed by atoms with Gasteiger partial charge in [0.15, 0.2) is 0 Å². The molecular formula is C14H18FN5. The van der Waals surface area contributed by atoms with Gasteiger partial charge in [-0.15, -0.1) is 0 Å². The maximum atomic E-state index is 13.8. The molecule has 0 spiro atoms. The summed E-state index contributed by atoms with van der Waals surface area (Å²) in [5.74, 6) is 6.96. The number of hydrogen-bond acceptors (Lipinski definition) is 5. The summed E-state index contributed by atoms with van der Waals surface area (Å²) in [7, 11) is 1.86. The summed E-state index contributed by atoms with van der Waals surface area (Å²) < 4.78 is 13.8. The minimum atomic E-state index is -0.227. The number of rotatable bonds is 4. The topological polar surface area (TPSA) is 67.1 Å². The number of nitrogens with two attached hydrogens (primary N) is 1. The molecule has 0 aliphatic rings. The van der Waals surface area contributed by atoms with Crippen LogP contribution in [-0.2, 0) is 0 Å². The zero-order chi connectivity index (χ0) is 14.7. The molecule has 1 unspecified atom stereocenters. The van der Waals surface area contributed by atoms with E-state index in [1.165, 1.54) is 6.07 Å². The van der Waals surface area contributed by atoms with Gasteiger partial charge >= 0.3 is 0 Å². The highest BCUT2D eigenvalue weighted by Gasteiger charge is 2.17. The number of anilines is 2. The Morgan fingerprint density at radius 2 is 2.00 bits per heavy atom. The summed E-state index contributed by atoms with van der Waals surface area (Å²) in [5, 5.41) is 0. The van der Waals surface area contributed by atoms with E-state index in [0.29, 0.717) is 23.0 Å². The minimum Gasteiger partial charge on any atom is -0.353 e. The second-order valence-corrected chi connectivity index (χ2v) is 4.61. The van der Waals surface area contributed by atoms with E-state index >= 15 is 0 Å². The lowest BCUT2D eigenvalue weighted by molar-refractivity contribution is 0.584. The first-order valence-electron chi connectivity index (χ1n) is 6.32. The van der Waals surface area contributed by atoms with Gasteiger partial charge in [0.05, 0.1) is 6.04 Å². The van der Waals surface area contributed by atoms with Crippen LogP contribution in [0.25, 0.3) is 0 Å². The Kier molecular flexibility index (Phi) is 4.14. The van der Waals surface area contributed by atoms with Gasteiger partial charge in [0.25, 0.3) is 0 Å². The average molecular weight is 275 g/mol. The molecule has 0 saturated heterocycles. The molecule has 106 valence electrons. The number of aryl methyl sites for hydroxylation is 1. The van der Waals surface area contributed by atoms with Crippen LogP contribution in [0.2, 0.25) is 0 Å². The van der Waals surface area contributed by atoms with Gasteiger partial charge in [-0.25, -0.2) is 20.2 Å². The van der Waals surface area contributed by atoms with Gasteiger partial charge in [0.2, 0.25) is 0 Å². The predicted molar refractivity (Wildman–Crippen MR) is 77.8 cm³/mol. The fraction of sp³-hybridized carbons (Fsp3) is 0.286. The molecule has 6 heteroatoms. The van der Waals surface area contributed by atoms with E-state index in [4.69, 9.17) is 5.84 Å². The number of nitrogen functional groups attached to an aromatic ring is 1. The molecule has 20 heavy (non-hydrogen) atoms. The highest BCUT2D eigenvalue weighted by Crippen LogP contribution is 2.26. The molecular weight excluding hydrogens is 257 g/mol. The molecule has 1 atom stereocenters. The van der Waals surface area contributed by atoms with Crippen molar-refractivity contribution in [2.45, 2.75) is 19.9 Å². The van der Waals surface area contributed by atoms with Crippen LogP contribution in [0.15, 0.2) is 30.3 Å². The average Bonchev–Trinajstić information content (AvgIpc) is 2.45. The lowest BCUT2D eigenvalue weighted by Gasteiger charge is -2.27. The first-order chi connectivity index (χ1) is 9.52. The number of halogens is 1. The van der Waals surface area contributed by atoms with Crippen LogP contribution in [0.1, 0.15) is 24.4 Å². The molecule has 3 N–H and O–H groups in total. The fourth-order valence-electron chi connectivity index (χ4n) is 2.03. The third kappa shape index (κ3) is 2.85. The smallest absolute Gasteiger partial charge is 0.145 e. The van der Waals surface area contributed by atoms with Crippen molar-refractivity contribution in [1.82, 2.24) is 9.97 Å². The molecule has 0 saturated carbocycles. The lowest BCUT2D eigenvalue weighted by Crippen LogP contribution is -2.24. The van der Waals surface area contributed by atoms with Crippen molar-refractivity contribution in [3.8, 4) is 0 Å². The highest BCUT2D eigenvalue weighted by atomic mass is 19.1. The summed E-state index contributed by atoms with van der Waals surface area (Å²) in [6, 6.07) is 8.29. The van der Waals surface area contributed by atoms with Crippen molar-refractivity contribution in [2.75, 3.05) is 17.4 Å². The van der Waals surface area contributed by atoms with Gasteiger partial charge in [0.1, 0.15) is 23.3 Å². The molecule has 1 heterocycles. The Labute approximate surface area is 117 Å². The summed E-state index contributed by atoms with van der Waals surface area (Å²) in [4.78, 5) is 10.4. The standard InChI is InChI=1S/C14H18FN5/c1-9(11-6-4-5-7-12(11)15)20(3)14-8-13(19-16)17-10(2)18-14/h4-9H,16H2,1-3H3,(H,17,18,19). The van der Waals surface area contributed by atoms with Crippen LogP contribution >= 0.6 is 0 Å². The monoisotopic (exact) mass is 275 g/mol. The fourth-order valence-corrected chi connectivity index (χ4v) is 2.03. The SMILES string of the molecule is Cc1nc(NN)cc(N(C)C(C)c2ccccc2F)n1. The maximum Gasteiger partial charge on any atom is 0.145 e. The van der Waals surface area contributed by atoms with Crippen molar-refractivity contribution in [1.29, 1.82) is 0 Å². The van der Waals surface area contributed by atoms with E-state index in [1.54, 1.807) is 25.1 Å². The van der Waals surface area contributed by atoms with E-state index in [1.807, 2.05) is 24.9 Å². The number of hydrogen-bond donors (Lipinski definition) is 2. The number of nitrogens with zero attached hydrogens (tertiary/aromatic N) is 3. The Morgan fingerprint density at radius 3 is 2.65 bits per heavy atom. The van der Waals surface area contributed by atoms with Crippen LogP contribution in [-0.4, -0.2) is 17.0 Å². The second-order valence-electron chi connectivity index (χ2n) is 4.61. The molecule has 5 nitrogen and oxygen atoms in total. The summed E-state index contributed by atoms with van der Waals surface area (Å²) in [6.07, 6.45) is 0. The summed E-state index contributed by atoms with van der Waals surface area (Å²) >= 11 is 0. The molecule has 0 aliphatic heterocycles. The van der Waals surface area contributed by atoms with Crippen LogP contribution < -0.4 is 16.2 Å². The van der Waals surface area contributed by atoms with Crippen molar-refractivity contribution >= 4 is 11.6 Å². The van der Waals surface area contributed by atoms with Gasteiger partial charge in [-0.3, -0.25) is 0 Å². The minimum absolute atomic E-state index is 0.156. The number of aromatic nitrogens is 2. The van der Waals surface area contributed by atoms with Crippen molar-refractivity contribution < 1.29 is 4.39 Å². The number of benzene rings is 1. The van der Waals surface area contributed by atoms with Crippen LogP contribution in [0.3, 0.4) is 0 Å². The molecule has 0 aliphatic carbocycles. The second kappa shape index (κ2) is 5.83. The first kappa shape index (κ1) is 14.2. The van der Waals surface area contributed by atoms with Gasteiger partial charge < -0.3 is 10.3 Å². The molecule has 0 radical (unpaired) electrons. The molecule has 2 rings (SSSR count). The number of hydrazine groups is 1. The predicted octanol–water partition coefficient (Wildman–Crippen LogP) is 2.41. The van der Waals surface area contributed by atoms with Crippen molar-refractivity contribution in [3.63, 3.8) is 0 Å². The van der Waals surface area contributed by atoms with E-state index in [9.17, 15) is 4.39 Å². The molecule has 0 bridgehead atoms. The van der Waals surface area contributed by atoms with E-state index in [-0.39, 0.29) is 11.9 Å². The summed E-state index contributed by atoms with van der Waals surface area (Å²) in [6.45, 7) is 3.71. The Morgan fingerprint density at radius 1 is 1.30 bits per heavy atom. The lowest BCUT2D eigenvalue weighted by atomic mass is 10.1. The third-order valence-electron chi connectivity index (χ3n) is 3.27. The van der Waals surface area contributed by atoms with Crippen molar-refractivity contribution in [3.05, 3.63) is 47.5 Å². The maximum absolute atomic E-state index is 13.8. The largest absolute Gasteiger partial charge is 0.353 e. The molecule has 2 aromatic rings.